The van der Waals surface area contributed by atoms with Gasteiger partial charge in [-0.15, -0.1) is 0 Å². The molecule has 0 radical (unpaired) electrons. The maximum absolute atomic E-state index is 12.2. The quantitative estimate of drug-likeness (QED) is 0.803. The van der Waals surface area contributed by atoms with Crippen LogP contribution in [0.4, 0.5) is 5.69 Å². The van der Waals surface area contributed by atoms with Gasteiger partial charge in [0, 0.05) is 38.3 Å². The number of benzene rings is 1. The molecule has 7 heteroatoms. The molecule has 2 aromatic rings. The molecule has 0 bridgehead atoms. The van der Waals surface area contributed by atoms with E-state index in [0.29, 0.717) is 12.1 Å². The number of amides is 1. The van der Waals surface area contributed by atoms with Crippen LogP contribution in [0.1, 0.15) is 39.6 Å². The van der Waals surface area contributed by atoms with Gasteiger partial charge in [0.25, 0.3) is 5.91 Å². The minimum absolute atomic E-state index is 0.0408. The first-order valence-electron chi connectivity index (χ1n) is 8.11. The van der Waals surface area contributed by atoms with E-state index in [1.54, 1.807) is 38.2 Å². The van der Waals surface area contributed by atoms with Crippen molar-refractivity contribution in [3.05, 3.63) is 45.2 Å². The van der Waals surface area contributed by atoms with Gasteiger partial charge in [-0.2, -0.15) is 0 Å². The molecule has 1 aromatic carbocycles. The van der Waals surface area contributed by atoms with E-state index >= 15 is 0 Å². The molecule has 0 saturated carbocycles. The summed E-state index contributed by atoms with van der Waals surface area (Å²) in [6, 6.07) is 7.00. The Morgan fingerprint density at radius 3 is 2.44 bits per heavy atom. The van der Waals surface area contributed by atoms with Crippen LogP contribution in [0.15, 0.2) is 29.3 Å². The zero-order chi connectivity index (χ0) is 18.6. The molecule has 0 fully saturated rings. The maximum Gasteiger partial charge on any atom is 0.253 e. The minimum Gasteiger partial charge on any atom is -0.395 e. The molecule has 0 spiro atoms. The molecule has 0 unspecified atom stereocenters. The van der Waals surface area contributed by atoms with Gasteiger partial charge in [-0.25, -0.2) is 4.99 Å². The van der Waals surface area contributed by atoms with Gasteiger partial charge in [0.2, 0.25) is 0 Å². The molecule has 25 heavy (non-hydrogen) atoms. The van der Waals surface area contributed by atoms with Crippen LogP contribution in [0.25, 0.3) is 0 Å². The highest BCUT2D eigenvalue weighted by molar-refractivity contribution is 7.11. The number of likely N-dealkylation sites (N-methyl/N-ethyl adjacent to an activating group) is 1. The van der Waals surface area contributed by atoms with Gasteiger partial charge in [0.05, 0.1) is 17.2 Å². The van der Waals surface area contributed by atoms with Crippen molar-refractivity contribution in [2.24, 2.45) is 4.99 Å². The Hall–Kier alpha value is -2.25. The van der Waals surface area contributed by atoms with Crippen LogP contribution in [0.5, 0.6) is 0 Å². The average Bonchev–Trinajstić information content (AvgIpc) is 2.90. The SMILES string of the molecule is CCn1c(C)c(C(C)=O)sc1=Nc1ccc(C(=O)N(C)CCO)cc1. The van der Waals surface area contributed by atoms with Crippen LogP contribution in [0, 0.1) is 6.92 Å². The Bertz CT molecular complexity index is 834. The first kappa shape index (κ1) is 19.1. The van der Waals surface area contributed by atoms with Gasteiger partial charge < -0.3 is 14.6 Å². The molecule has 6 nitrogen and oxygen atoms in total. The number of hydrogen-bond acceptors (Lipinski definition) is 5. The van der Waals surface area contributed by atoms with Crippen molar-refractivity contribution in [2.75, 3.05) is 20.2 Å². The number of ketones is 1. The number of thiazole rings is 1. The first-order chi connectivity index (χ1) is 11.9. The predicted octanol–water partition coefficient (Wildman–Crippen LogP) is 2.38. The summed E-state index contributed by atoms with van der Waals surface area (Å²) in [5.74, 6) is -0.103. The number of aliphatic hydroxyl groups excluding tert-OH is 1. The fourth-order valence-electron chi connectivity index (χ4n) is 2.53. The van der Waals surface area contributed by atoms with Gasteiger partial charge >= 0.3 is 0 Å². The van der Waals surface area contributed by atoms with Crippen molar-refractivity contribution in [3.63, 3.8) is 0 Å². The highest BCUT2D eigenvalue weighted by Gasteiger charge is 2.13. The van der Waals surface area contributed by atoms with E-state index in [-0.39, 0.29) is 18.3 Å². The third-order valence-corrected chi connectivity index (χ3v) is 5.20. The fourth-order valence-corrected chi connectivity index (χ4v) is 3.64. The molecular weight excluding hydrogens is 338 g/mol. The highest BCUT2D eigenvalue weighted by atomic mass is 32.1. The highest BCUT2D eigenvalue weighted by Crippen LogP contribution is 2.17. The molecule has 0 aliphatic heterocycles. The number of hydrogen-bond donors (Lipinski definition) is 1. The van der Waals surface area contributed by atoms with Gasteiger partial charge in [0.15, 0.2) is 10.6 Å². The van der Waals surface area contributed by atoms with E-state index in [0.717, 1.165) is 27.6 Å². The topological polar surface area (TPSA) is 74.9 Å². The Labute approximate surface area is 151 Å². The fraction of sp³-hybridized carbons (Fsp3) is 0.389. The zero-order valence-electron chi connectivity index (χ0n) is 14.9. The lowest BCUT2D eigenvalue weighted by Gasteiger charge is -2.15. The lowest BCUT2D eigenvalue weighted by Crippen LogP contribution is -2.29. The number of carbonyl (C=O) groups excluding carboxylic acids is 2. The molecule has 1 aromatic heterocycles. The molecular formula is C18H23N3O3S. The summed E-state index contributed by atoms with van der Waals surface area (Å²) in [6.45, 7) is 6.46. The van der Waals surface area contributed by atoms with Crippen LogP contribution in [0.3, 0.4) is 0 Å². The Morgan fingerprint density at radius 2 is 1.92 bits per heavy atom. The molecule has 0 aliphatic rings. The van der Waals surface area contributed by atoms with E-state index in [1.807, 2.05) is 18.4 Å². The van der Waals surface area contributed by atoms with Crippen molar-refractivity contribution in [2.45, 2.75) is 27.3 Å². The molecule has 1 amide bonds. The molecule has 1 N–H and O–H groups in total. The molecule has 134 valence electrons. The normalized spacial score (nSPS) is 11.6. The van der Waals surface area contributed by atoms with Crippen molar-refractivity contribution < 1.29 is 14.7 Å². The second-order valence-corrected chi connectivity index (χ2v) is 6.69. The number of aromatic nitrogens is 1. The second-order valence-electron chi connectivity index (χ2n) is 5.71. The summed E-state index contributed by atoms with van der Waals surface area (Å²) >= 11 is 1.38. The Morgan fingerprint density at radius 1 is 1.28 bits per heavy atom. The molecule has 0 atom stereocenters. The number of carbonyl (C=O) groups is 2. The monoisotopic (exact) mass is 361 g/mol. The van der Waals surface area contributed by atoms with Crippen LogP contribution in [-0.4, -0.2) is 46.5 Å². The van der Waals surface area contributed by atoms with Crippen LogP contribution in [-0.2, 0) is 6.54 Å². The van der Waals surface area contributed by atoms with Crippen molar-refractivity contribution in [1.29, 1.82) is 0 Å². The predicted molar refractivity (Wildman–Crippen MR) is 98.4 cm³/mol. The van der Waals surface area contributed by atoms with Crippen molar-refractivity contribution in [3.8, 4) is 0 Å². The number of rotatable bonds is 6. The first-order valence-corrected chi connectivity index (χ1v) is 8.93. The third-order valence-electron chi connectivity index (χ3n) is 3.91. The van der Waals surface area contributed by atoms with E-state index in [2.05, 4.69) is 4.99 Å². The van der Waals surface area contributed by atoms with Gasteiger partial charge in [-0.05, 0) is 38.1 Å². The maximum atomic E-state index is 12.2. The summed E-state index contributed by atoms with van der Waals surface area (Å²) in [4.78, 5) is 31.5. The molecule has 0 aliphatic carbocycles. The Kier molecular flexibility index (Phi) is 6.27. The van der Waals surface area contributed by atoms with Gasteiger partial charge in [0.1, 0.15) is 0 Å². The van der Waals surface area contributed by atoms with E-state index in [4.69, 9.17) is 5.11 Å². The van der Waals surface area contributed by atoms with E-state index in [9.17, 15) is 9.59 Å². The average molecular weight is 361 g/mol. The summed E-state index contributed by atoms with van der Waals surface area (Å²) in [5, 5.41) is 8.92. The van der Waals surface area contributed by atoms with E-state index in [1.165, 1.54) is 16.2 Å². The van der Waals surface area contributed by atoms with Gasteiger partial charge in [-0.1, -0.05) is 11.3 Å². The number of nitrogens with zero attached hydrogens (tertiary/aromatic N) is 3. The summed E-state index contributed by atoms with van der Waals surface area (Å²) in [6.07, 6.45) is 0. The largest absolute Gasteiger partial charge is 0.395 e. The van der Waals surface area contributed by atoms with Crippen LogP contribution >= 0.6 is 11.3 Å². The lowest BCUT2D eigenvalue weighted by molar-refractivity contribution is 0.0767. The summed E-state index contributed by atoms with van der Waals surface area (Å²) in [7, 11) is 1.65. The summed E-state index contributed by atoms with van der Waals surface area (Å²) < 4.78 is 2.01. The minimum atomic E-state index is -0.143. The zero-order valence-corrected chi connectivity index (χ0v) is 15.8. The number of Topliss-reactive ketones (excluding diaryl/α,β-unsaturated/α-hetero) is 1. The summed E-state index contributed by atoms with van der Waals surface area (Å²) in [5.41, 5.74) is 2.20. The van der Waals surface area contributed by atoms with Crippen molar-refractivity contribution in [1.82, 2.24) is 9.47 Å². The second kappa shape index (κ2) is 8.22. The smallest absolute Gasteiger partial charge is 0.253 e. The van der Waals surface area contributed by atoms with Gasteiger partial charge in [-0.3, -0.25) is 9.59 Å². The molecule has 1 heterocycles. The van der Waals surface area contributed by atoms with E-state index < -0.39 is 0 Å². The van der Waals surface area contributed by atoms with Crippen molar-refractivity contribution >= 4 is 28.7 Å². The van der Waals surface area contributed by atoms with Crippen LogP contribution < -0.4 is 4.80 Å². The lowest BCUT2D eigenvalue weighted by atomic mass is 10.2. The van der Waals surface area contributed by atoms with Crippen LogP contribution in [0.2, 0.25) is 0 Å². The standard InChI is InChI=1S/C18H23N3O3S/c1-5-21-12(2)16(13(3)23)25-18(21)19-15-8-6-14(7-9-15)17(24)20(4)10-11-22/h6-9,22H,5,10-11H2,1-4H3. The Balaban J connectivity index is 2.35. The molecule has 0 saturated heterocycles. The third kappa shape index (κ3) is 4.24. The number of aliphatic hydroxyl groups is 1. The molecule has 2 rings (SSSR count).